The van der Waals surface area contributed by atoms with Gasteiger partial charge in [-0.1, -0.05) is 6.07 Å². The lowest BCUT2D eigenvalue weighted by Crippen LogP contribution is -2.26. The van der Waals surface area contributed by atoms with E-state index in [4.69, 9.17) is 0 Å². The van der Waals surface area contributed by atoms with Crippen LogP contribution in [0.3, 0.4) is 0 Å². The van der Waals surface area contributed by atoms with Gasteiger partial charge < -0.3 is 5.32 Å². The van der Waals surface area contributed by atoms with Gasteiger partial charge in [-0.2, -0.15) is 4.31 Å². The molecule has 0 unspecified atom stereocenters. The summed E-state index contributed by atoms with van der Waals surface area (Å²) in [6.45, 7) is 1.37. The first-order chi connectivity index (χ1) is 10.1. The third-order valence-corrected chi connectivity index (χ3v) is 6.34. The van der Waals surface area contributed by atoms with Crippen LogP contribution in [0.25, 0.3) is 0 Å². The number of thiophene rings is 1. The molecular weight excluding hydrogens is 304 g/mol. The Hall–Kier alpha value is -1.37. The lowest BCUT2D eigenvalue weighted by molar-refractivity contribution is 0.469. The van der Waals surface area contributed by atoms with Crippen LogP contribution in [0, 0.1) is 0 Å². The van der Waals surface area contributed by atoms with Crippen molar-refractivity contribution >= 4 is 27.0 Å². The molecule has 0 amide bonds. The summed E-state index contributed by atoms with van der Waals surface area (Å²) in [7, 11) is -1.80. The van der Waals surface area contributed by atoms with Gasteiger partial charge >= 0.3 is 0 Å². The Labute approximate surface area is 129 Å². The molecule has 1 aliphatic heterocycles. The number of fused-ring (bicyclic) bond motifs is 1. The van der Waals surface area contributed by atoms with E-state index in [-0.39, 0.29) is 0 Å². The van der Waals surface area contributed by atoms with Crippen LogP contribution in [0.15, 0.2) is 40.6 Å². The van der Waals surface area contributed by atoms with Crippen molar-refractivity contribution in [2.45, 2.75) is 24.3 Å². The van der Waals surface area contributed by atoms with Gasteiger partial charge in [0, 0.05) is 30.7 Å². The number of nitrogens with one attached hydrogen (secondary N) is 1. The standard InChI is InChI=1S/C15H18N2O2S2/c1-17(11-13-5-3-9-20-13)21(18,19)14-6-7-15-12(10-14)4-2-8-16-15/h3,5-7,9-10,16H,2,4,8,11H2,1H3. The Bertz CT molecular complexity index is 724. The van der Waals surface area contributed by atoms with Crippen LogP contribution in [0.4, 0.5) is 5.69 Å². The second kappa shape index (κ2) is 5.79. The lowest BCUT2D eigenvalue weighted by Gasteiger charge is -2.21. The molecule has 21 heavy (non-hydrogen) atoms. The summed E-state index contributed by atoms with van der Waals surface area (Å²) in [6, 6.07) is 9.26. The molecule has 1 aromatic heterocycles. The number of benzene rings is 1. The van der Waals surface area contributed by atoms with Gasteiger partial charge in [-0.05, 0) is 48.1 Å². The van der Waals surface area contributed by atoms with Gasteiger partial charge in [0.15, 0.2) is 0 Å². The third-order valence-electron chi connectivity index (χ3n) is 3.68. The molecule has 0 bridgehead atoms. The second-order valence-electron chi connectivity index (χ2n) is 5.19. The first-order valence-corrected chi connectivity index (χ1v) is 9.25. The monoisotopic (exact) mass is 322 g/mol. The van der Waals surface area contributed by atoms with Crippen LogP contribution in [0.5, 0.6) is 0 Å². The van der Waals surface area contributed by atoms with Gasteiger partial charge in [0.25, 0.3) is 0 Å². The maximum atomic E-state index is 12.7. The maximum absolute atomic E-state index is 12.7. The smallest absolute Gasteiger partial charge is 0.243 e. The molecule has 0 atom stereocenters. The van der Waals surface area contributed by atoms with Gasteiger partial charge in [0.2, 0.25) is 10.0 Å². The summed E-state index contributed by atoms with van der Waals surface area (Å²) in [5, 5.41) is 5.26. The highest BCUT2D eigenvalue weighted by Crippen LogP contribution is 2.27. The highest BCUT2D eigenvalue weighted by Gasteiger charge is 2.22. The molecule has 2 aromatic rings. The summed E-state index contributed by atoms with van der Waals surface area (Å²) >= 11 is 1.57. The topological polar surface area (TPSA) is 49.4 Å². The zero-order valence-corrected chi connectivity index (χ0v) is 13.5. The predicted molar refractivity (Wildman–Crippen MR) is 86.2 cm³/mol. The molecule has 0 aliphatic carbocycles. The van der Waals surface area contributed by atoms with E-state index in [1.165, 1.54) is 4.31 Å². The average molecular weight is 322 g/mol. The third kappa shape index (κ3) is 2.97. The molecule has 0 fully saturated rings. The van der Waals surface area contributed by atoms with E-state index in [0.29, 0.717) is 11.4 Å². The quantitative estimate of drug-likeness (QED) is 0.941. The molecule has 112 valence electrons. The minimum Gasteiger partial charge on any atom is -0.385 e. The van der Waals surface area contributed by atoms with Crippen molar-refractivity contribution < 1.29 is 8.42 Å². The molecule has 2 heterocycles. The SMILES string of the molecule is CN(Cc1cccs1)S(=O)(=O)c1ccc2c(c1)CCCN2. The largest absolute Gasteiger partial charge is 0.385 e. The van der Waals surface area contributed by atoms with Crippen LogP contribution in [0.2, 0.25) is 0 Å². The molecule has 0 spiro atoms. The Balaban J connectivity index is 1.87. The summed E-state index contributed by atoms with van der Waals surface area (Å²) in [5.41, 5.74) is 2.15. The zero-order valence-electron chi connectivity index (χ0n) is 11.9. The van der Waals surface area contributed by atoms with Crippen LogP contribution in [-0.4, -0.2) is 26.3 Å². The molecular formula is C15H18N2O2S2. The first-order valence-electron chi connectivity index (χ1n) is 6.93. The Morgan fingerprint density at radius 1 is 1.33 bits per heavy atom. The predicted octanol–water partition coefficient (Wildman–Crippen LogP) is 2.93. The molecule has 0 radical (unpaired) electrons. The summed E-state index contributed by atoms with van der Waals surface area (Å²) in [5.74, 6) is 0. The van der Waals surface area contributed by atoms with Crippen LogP contribution >= 0.6 is 11.3 Å². The van der Waals surface area contributed by atoms with Crippen molar-refractivity contribution in [1.82, 2.24) is 4.31 Å². The van der Waals surface area contributed by atoms with Crippen molar-refractivity contribution in [2.24, 2.45) is 0 Å². The molecule has 0 saturated carbocycles. The highest BCUT2D eigenvalue weighted by atomic mass is 32.2. The highest BCUT2D eigenvalue weighted by molar-refractivity contribution is 7.89. The number of anilines is 1. The molecule has 3 rings (SSSR count). The van der Waals surface area contributed by atoms with Gasteiger partial charge in [-0.3, -0.25) is 0 Å². The number of hydrogen-bond donors (Lipinski definition) is 1. The van der Waals surface area contributed by atoms with Gasteiger partial charge in [-0.25, -0.2) is 8.42 Å². The second-order valence-corrected chi connectivity index (χ2v) is 8.27. The van der Waals surface area contributed by atoms with Crippen LogP contribution < -0.4 is 5.32 Å². The van der Waals surface area contributed by atoms with E-state index in [1.54, 1.807) is 24.5 Å². The summed E-state index contributed by atoms with van der Waals surface area (Å²) < 4.78 is 26.7. The van der Waals surface area contributed by atoms with Crippen molar-refractivity contribution in [3.63, 3.8) is 0 Å². The molecule has 1 aromatic carbocycles. The Kier molecular flexibility index (Phi) is 4.01. The van der Waals surface area contributed by atoms with E-state index in [9.17, 15) is 8.42 Å². The maximum Gasteiger partial charge on any atom is 0.243 e. The number of hydrogen-bond acceptors (Lipinski definition) is 4. The summed E-state index contributed by atoms with van der Waals surface area (Å²) in [4.78, 5) is 1.42. The first kappa shape index (κ1) is 14.6. The van der Waals surface area contributed by atoms with Gasteiger partial charge in [-0.15, -0.1) is 11.3 Å². The van der Waals surface area contributed by atoms with E-state index in [1.807, 2.05) is 29.6 Å². The Morgan fingerprint density at radius 3 is 2.95 bits per heavy atom. The minimum atomic E-state index is -3.44. The van der Waals surface area contributed by atoms with Crippen molar-refractivity contribution in [1.29, 1.82) is 0 Å². The van der Waals surface area contributed by atoms with Crippen LogP contribution in [-0.2, 0) is 23.0 Å². The molecule has 6 heteroatoms. The van der Waals surface area contributed by atoms with E-state index in [2.05, 4.69) is 5.32 Å². The Morgan fingerprint density at radius 2 is 2.19 bits per heavy atom. The van der Waals surface area contributed by atoms with Gasteiger partial charge in [0.1, 0.15) is 0 Å². The number of rotatable bonds is 4. The van der Waals surface area contributed by atoms with E-state index >= 15 is 0 Å². The average Bonchev–Trinajstić information content (AvgIpc) is 2.99. The van der Waals surface area contributed by atoms with E-state index in [0.717, 1.165) is 35.5 Å². The molecule has 0 saturated heterocycles. The minimum absolute atomic E-state index is 0.379. The fourth-order valence-corrected chi connectivity index (χ4v) is 4.54. The van der Waals surface area contributed by atoms with Crippen molar-refractivity contribution in [2.75, 3.05) is 18.9 Å². The fraction of sp³-hybridized carbons (Fsp3) is 0.333. The van der Waals surface area contributed by atoms with Crippen molar-refractivity contribution in [3.8, 4) is 0 Å². The van der Waals surface area contributed by atoms with Crippen molar-refractivity contribution in [3.05, 3.63) is 46.2 Å². The fourth-order valence-electron chi connectivity index (χ4n) is 2.50. The zero-order chi connectivity index (χ0) is 14.9. The molecule has 1 N–H and O–H groups in total. The van der Waals surface area contributed by atoms with E-state index < -0.39 is 10.0 Å². The summed E-state index contributed by atoms with van der Waals surface area (Å²) in [6.07, 6.45) is 1.97. The lowest BCUT2D eigenvalue weighted by atomic mass is 10.0. The van der Waals surface area contributed by atoms with Crippen LogP contribution in [0.1, 0.15) is 16.9 Å². The molecule has 1 aliphatic rings. The molecule has 4 nitrogen and oxygen atoms in total. The number of aryl methyl sites for hydroxylation is 1. The number of sulfonamides is 1. The number of nitrogens with zero attached hydrogens (tertiary/aromatic N) is 1. The normalized spacial score (nSPS) is 14.8. The van der Waals surface area contributed by atoms with Gasteiger partial charge in [0.05, 0.1) is 4.90 Å².